The molecule has 1 N–H and O–H groups in total. The Labute approximate surface area is 111 Å². The molecule has 3 nitrogen and oxygen atoms in total. The maximum atomic E-state index is 9.78. The Morgan fingerprint density at radius 3 is 3.22 bits per heavy atom. The van der Waals surface area contributed by atoms with Crippen molar-refractivity contribution in [2.75, 3.05) is 18.0 Å². The molecule has 2 aromatic heterocycles. The molecule has 0 spiro atoms. The number of piperidine rings is 1. The standard InChI is InChI=1S/C14H18N2OS/c1-10(17)11-3-2-7-16(9-11)13-4-6-15-12-5-8-18-14(12)13/h4-6,8,10-11,17H,2-3,7,9H2,1H3. The van der Waals surface area contributed by atoms with Crippen molar-refractivity contribution in [3.8, 4) is 0 Å². The Morgan fingerprint density at radius 2 is 2.39 bits per heavy atom. The molecule has 96 valence electrons. The lowest BCUT2D eigenvalue weighted by molar-refractivity contribution is 0.115. The van der Waals surface area contributed by atoms with Gasteiger partial charge in [-0.2, -0.15) is 0 Å². The summed E-state index contributed by atoms with van der Waals surface area (Å²) in [6.07, 6.45) is 3.96. The van der Waals surface area contributed by atoms with Crippen molar-refractivity contribution in [1.29, 1.82) is 0 Å². The minimum Gasteiger partial charge on any atom is -0.393 e. The van der Waals surface area contributed by atoms with Crippen molar-refractivity contribution in [2.45, 2.75) is 25.9 Å². The van der Waals surface area contributed by atoms with Gasteiger partial charge in [-0.25, -0.2) is 0 Å². The molecular weight excluding hydrogens is 244 g/mol. The molecule has 3 heterocycles. The highest BCUT2D eigenvalue weighted by molar-refractivity contribution is 7.17. The van der Waals surface area contributed by atoms with Crippen LogP contribution in [0.4, 0.5) is 5.69 Å². The smallest absolute Gasteiger partial charge is 0.0830 e. The Kier molecular flexibility index (Phi) is 3.22. The second-order valence-corrected chi connectivity index (χ2v) is 5.97. The van der Waals surface area contributed by atoms with Gasteiger partial charge in [-0.3, -0.25) is 4.98 Å². The summed E-state index contributed by atoms with van der Waals surface area (Å²) in [7, 11) is 0. The van der Waals surface area contributed by atoms with Gasteiger partial charge in [0.2, 0.25) is 0 Å². The van der Waals surface area contributed by atoms with Crippen LogP contribution in [-0.4, -0.2) is 29.3 Å². The first-order valence-electron chi connectivity index (χ1n) is 6.51. The van der Waals surface area contributed by atoms with E-state index in [0.717, 1.165) is 31.4 Å². The fourth-order valence-corrected chi connectivity index (χ4v) is 3.62. The lowest BCUT2D eigenvalue weighted by Gasteiger charge is -2.35. The number of nitrogens with zero attached hydrogens (tertiary/aromatic N) is 2. The van der Waals surface area contributed by atoms with Gasteiger partial charge in [0.1, 0.15) is 0 Å². The maximum absolute atomic E-state index is 9.78. The van der Waals surface area contributed by atoms with Crippen LogP contribution in [-0.2, 0) is 0 Å². The van der Waals surface area contributed by atoms with Crippen LogP contribution in [0.1, 0.15) is 19.8 Å². The summed E-state index contributed by atoms with van der Waals surface area (Å²) in [5.74, 6) is 0.391. The van der Waals surface area contributed by atoms with Crippen LogP contribution < -0.4 is 4.90 Å². The zero-order valence-electron chi connectivity index (χ0n) is 10.5. The average Bonchev–Trinajstić information content (AvgIpc) is 2.87. The van der Waals surface area contributed by atoms with Crippen LogP contribution in [0.25, 0.3) is 10.2 Å². The molecule has 1 fully saturated rings. The van der Waals surface area contributed by atoms with Gasteiger partial charge in [-0.15, -0.1) is 11.3 Å². The third-order valence-corrected chi connectivity index (χ3v) is 4.73. The molecular formula is C14H18N2OS. The van der Waals surface area contributed by atoms with Crippen LogP contribution in [0.3, 0.4) is 0 Å². The van der Waals surface area contributed by atoms with Crippen molar-refractivity contribution < 1.29 is 5.11 Å². The van der Waals surface area contributed by atoms with E-state index in [4.69, 9.17) is 0 Å². The van der Waals surface area contributed by atoms with E-state index in [1.54, 1.807) is 11.3 Å². The zero-order chi connectivity index (χ0) is 12.5. The highest BCUT2D eigenvalue weighted by atomic mass is 32.1. The number of anilines is 1. The van der Waals surface area contributed by atoms with Crippen LogP contribution in [0.2, 0.25) is 0 Å². The van der Waals surface area contributed by atoms with Gasteiger partial charge in [0.15, 0.2) is 0 Å². The molecule has 0 amide bonds. The fraction of sp³-hybridized carbons (Fsp3) is 0.500. The topological polar surface area (TPSA) is 36.4 Å². The molecule has 2 aromatic rings. The summed E-state index contributed by atoms with van der Waals surface area (Å²) in [6, 6.07) is 4.17. The summed E-state index contributed by atoms with van der Waals surface area (Å²) in [6.45, 7) is 3.94. The Balaban J connectivity index is 1.92. The summed E-state index contributed by atoms with van der Waals surface area (Å²) >= 11 is 1.75. The van der Waals surface area contributed by atoms with Crippen LogP contribution in [0.5, 0.6) is 0 Å². The Bertz CT molecular complexity index is 537. The van der Waals surface area contributed by atoms with Crippen molar-refractivity contribution >= 4 is 27.2 Å². The molecule has 2 unspecified atom stereocenters. The highest BCUT2D eigenvalue weighted by Gasteiger charge is 2.24. The molecule has 0 radical (unpaired) electrons. The third-order valence-electron chi connectivity index (χ3n) is 3.80. The van der Waals surface area contributed by atoms with Crippen molar-refractivity contribution in [3.05, 3.63) is 23.7 Å². The third kappa shape index (κ3) is 2.10. The second kappa shape index (κ2) is 4.86. The van der Waals surface area contributed by atoms with Gasteiger partial charge in [0.05, 0.1) is 22.0 Å². The Morgan fingerprint density at radius 1 is 1.50 bits per heavy atom. The summed E-state index contributed by atoms with van der Waals surface area (Å²) < 4.78 is 1.27. The highest BCUT2D eigenvalue weighted by Crippen LogP contribution is 2.33. The van der Waals surface area contributed by atoms with Crippen molar-refractivity contribution in [1.82, 2.24) is 4.98 Å². The number of aliphatic hydroxyl groups is 1. The molecule has 0 aliphatic carbocycles. The average molecular weight is 262 g/mol. The molecule has 0 saturated carbocycles. The number of aliphatic hydroxyl groups excluding tert-OH is 1. The second-order valence-electron chi connectivity index (χ2n) is 5.05. The molecule has 18 heavy (non-hydrogen) atoms. The number of rotatable bonds is 2. The fourth-order valence-electron chi connectivity index (χ4n) is 2.73. The SMILES string of the molecule is CC(O)C1CCCN(c2ccnc3ccsc23)C1. The predicted octanol–water partition coefficient (Wildman–Crippen LogP) is 2.89. The number of aromatic nitrogens is 1. The van der Waals surface area contributed by atoms with E-state index in [-0.39, 0.29) is 6.10 Å². The number of hydrogen-bond acceptors (Lipinski definition) is 4. The van der Waals surface area contributed by atoms with Gasteiger partial charge in [-0.05, 0) is 37.3 Å². The number of thiophene rings is 1. The first kappa shape index (κ1) is 11.9. The van der Waals surface area contributed by atoms with E-state index in [0.29, 0.717) is 5.92 Å². The molecule has 1 aliphatic rings. The normalized spacial score (nSPS) is 22.3. The van der Waals surface area contributed by atoms with Gasteiger partial charge in [-0.1, -0.05) is 0 Å². The molecule has 3 rings (SSSR count). The lowest BCUT2D eigenvalue weighted by atomic mass is 9.93. The van der Waals surface area contributed by atoms with Gasteiger partial charge >= 0.3 is 0 Å². The van der Waals surface area contributed by atoms with Crippen LogP contribution in [0, 0.1) is 5.92 Å². The first-order chi connectivity index (χ1) is 8.75. The monoisotopic (exact) mass is 262 g/mol. The molecule has 1 saturated heterocycles. The van der Waals surface area contributed by atoms with Crippen LogP contribution in [0.15, 0.2) is 23.7 Å². The van der Waals surface area contributed by atoms with E-state index < -0.39 is 0 Å². The van der Waals surface area contributed by atoms with Gasteiger partial charge in [0.25, 0.3) is 0 Å². The summed E-state index contributed by atoms with van der Waals surface area (Å²) in [5.41, 5.74) is 2.36. The zero-order valence-corrected chi connectivity index (χ0v) is 11.4. The van der Waals surface area contributed by atoms with Crippen molar-refractivity contribution in [2.24, 2.45) is 5.92 Å². The molecule has 1 aliphatic heterocycles. The largest absolute Gasteiger partial charge is 0.393 e. The number of hydrogen-bond donors (Lipinski definition) is 1. The summed E-state index contributed by atoms with van der Waals surface area (Å²) in [5, 5.41) is 11.9. The number of fused-ring (bicyclic) bond motifs is 1. The molecule has 4 heteroatoms. The lowest BCUT2D eigenvalue weighted by Crippen LogP contribution is -2.39. The minimum atomic E-state index is -0.214. The molecule has 0 aromatic carbocycles. The van der Waals surface area contributed by atoms with Gasteiger partial charge < -0.3 is 10.0 Å². The molecule has 0 bridgehead atoms. The van der Waals surface area contributed by atoms with Crippen molar-refractivity contribution in [3.63, 3.8) is 0 Å². The predicted molar refractivity (Wildman–Crippen MR) is 76.2 cm³/mol. The Hall–Kier alpha value is -1.13. The summed E-state index contributed by atoms with van der Waals surface area (Å²) in [4.78, 5) is 6.79. The molecule has 2 atom stereocenters. The minimum absolute atomic E-state index is 0.214. The van der Waals surface area contributed by atoms with Crippen LogP contribution >= 0.6 is 11.3 Å². The van der Waals surface area contributed by atoms with E-state index in [1.165, 1.54) is 10.4 Å². The van der Waals surface area contributed by atoms with Gasteiger partial charge in [0, 0.05) is 25.2 Å². The first-order valence-corrected chi connectivity index (χ1v) is 7.39. The maximum Gasteiger partial charge on any atom is 0.0830 e. The van der Waals surface area contributed by atoms with E-state index >= 15 is 0 Å². The van der Waals surface area contributed by atoms with E-state index in [9.17, 15) is 5.11 Å². The number of pyridine rings is 1. The van der Waals surface area contributed by atoms with E-state index in [1.807, 2.05) is 13.1 Å². The van der Waals surface area contributed by atoms with E-state index in [2.05, 4.69) is 27.4 Å². The quantitative estimate of drug-likeness (QED) is 0.904.